The first kappa shape index (κ1) is 22.3. The fraction of sp³-hybridized carbons (Fsp3) is 0.150. The molecular formula is C20H16BrClN2O5. The van der Waals surface area contributed by atoms with E-state index in [1.54, 1.807) is 36.4 Å². The van der Waals surface area contributed by atoms with Gasteiger partial charge in [-0.25, -0.2) is 4.79 Å². The normalized spacial score (nSPS) is 10.7. The number of para-hydroxylation sites is 1. The number of hydrogen-bond donors (Lipinski definition) is 1. The summed E-state index contributed by atoms with van der Waals surface area (Å²) in [6.07, 6.45) is 1.39. The Morgan fingerprint density at radius 3 is 2.59 bits per heavy atom. The highest BCUT2D eigenvalue weighted by atomic mass is 79.9. The molecule has 7 nitrogen and oxygen atoms in total. The number of methoxy groups -OCH3 is 2. The number of halogens is 2. The van der Waals surface area contributed by atoms with Crippen LogP contribution in [0.5, 0.6) is 11.5 Å². The summed E-state index contributed by atoms with van der Waals surface area (Å²) < 4.78 is 15.7. The molecule has 0 aliphatic carbocycles. The summed E-state index contributed by atoms with van der Waals surface area (Å²) in [5.74, 6) is -0.555. The fourth-order valence-corrected chi connectivity index (χ4v) is 2.81. The van der Waals surface area contributed by atoms with Crippen LogP contribution in [0.15, 0.2) is 46.4 Å². The summed E-state index contributed by atoms with van der Waals surface area (Å²) in [5, 5.41) is 12.4. The zero-order chi connectivity index (χ0) is 21.4. The minimum Gasteiger partial charge on any atom is -0.493 e. The first-order valence-corrected chi connectivity index (χ1v) is 9.31. The Labute approximate surface area is 180 Å². The van der Waals surface area contributed by atoms with Gasteiger partial charge in [0.05, 0.1) is 24.9 Å². The van der Waals surface area contributed by atoms with E-state index in [2.05, 4.69) is 26.0 Å². The molecule has 2 aromatic carbocycles. The average molecular weight is 480 g/mol. The van der Waals surface area contributed by atoms with E-state index in [1.165, 1.54) is 20.3 Å². The number of hydrogen-bond acceptors (Lipinski definition) is 6. The molecule has 0 saturated heterocycles. The van der Waals surface area contributed by atoms with Crippen molar-refractivity contribution in [2.24, 2.45) is 0 Å². The van der Waals surface area contributed by atoms with E-state index in [-0.39, 0.29) is 12.2 Å². The molecule has 0 spiro atoms. The van der Waals surface area contributed by atoms with Crippen molar-refractivity contribution in [3.05, 3.63) is 57.0 Å². The number of nitrogens with zero attached hydrogens (tertiary/aromatic N) is 1. The molecule has 0 heterocycles. The van der Waals surface area contributed by atoms with Crippen molar-refractivity contribution in [3.8, 4) is 17.6 Å². The molecule has 1 amide bonds. The molecule has 0 unspecified atom stereocenters. The number of nitrogens with one attached hydrogen (secondary N) is 1. The van der Waals surface area contributed by atoms with Gasteiger partial charge in [0.2, 0.25) is 0 Å². The smallest absolute Gasteiger partial charge is 0.343 e. The van der Waals surface area contributed by atoms with Gasteiger partial charge >= 0.3 is 5.97 Å². The van der Waals surface area contributed by atoms with E-state index < -0.39 is 11.9 Å². The van der Waals surface area contributed by atoms with Crippen LogP contribution >= 0.6 is 27.5 Å². The Hall–Kier alpha value is -3.02. The number of nitriles is 1. The van der Waals surface area contributed by atoms with E-state index >= 15 is 0 Å². The molecule has 1 N–H and O–H groups in total. The monoisotopic (exact) mass is 478 g/mol. The highest BCUT2D eigenvalue weighted by Gasteiger charge is 2.15. The lowest BCUT2D eigenvalue weighted by Gasteiger charge is -2.12. The fourth-order valence-electron chi connectivity index (χ4n) is 2.19. The lowest BCUT2D eigenvalue weighted by Crippen LogP contribution is -2.14. The quantitative estimate of drug-likeness (QED) is 0.363. The number of benzene rings is 2. The van der Waals surface area contributed by atoms with Crippen LogP contribution in [0.2, 0.25) is 5.02 Å². The third-order valence-corrected chi connectivity index (χ3v) is 4.66. The van der Waals surface area contributed by atoms with Crippen molar-refractivity contribution in [2.75, 3.05) is 26.1 Å². The van der Waals surface area contributed by atoms with E-state index in [9.17, 15) is 14.9 Å². The van der Waals surface area contributed by atoms with Crippen LogP contribution in [0.25, 0.3) is 6.08 Å². The SMILES string of the molecule is COC(=O)COc1cc(Br)c(/C=C(\C#N)C(=O)Nc2ccccc2Cl)cc1OC. The first-order chi connectivity index (χ1) is 13.9. The minimum atomic E-state index is -0.613. The molecule has 29 heavy (non-hydrogen) atoms. The van der Waals surface area contributed by atoms with Gasteiger partial charge in [0.25, 0.3) is 5.91 Å². The van der Waals surface area contributed by atoms with E-state index in [0.29, 0.717) is 32.2 Å². The van der Waals surface area contributed by atoms with Crippen LogP contribution in [0.1, 0.15) is 5.56 Å². The van der Waals surface area contributed by atoms with Crippen LogP contribution in [-0.4, -0.2) is 32.7 Å². The second-order valence-electron chi connectivity index (χ2n) is 5.49. The van der Waals surface area contributed by atoms with E-state index in [4.69, 9.17) is 21.1 Å². The van der Waals surface area contributed by atoms with E-state index in [0.717, 1.165) is 0 Å². The van der Waals surface area contributed by atoms with E-state index in [1.807, 2.05) is 6.07 Å². The zero-order valence-corrected chi connectivity index (χ0v) is 17.8. The number of carbonyl (C=O) groups excluding carboxylic acids is 2. The molecule has 0 saturated carbocycles. The topological polar surface area (TPSA) is 97.7 Å². The zero-order valence-electron chi connectivity index (χ0n) is 15.5. The molecule has 0 bridgehead atoms. The molecule has 2 aromatic rings. The number of ether oxygens (including phenoxy) is 3. The number of rotatable bonds is 7. The van der Waals surface area contributed by atoms with Crippen LogP contribution in [-0.2, 0) is 14.3 Å². The first-order valence-electron chi connectivity index (χ1n) is 8.14. The van der Waals surface area contributed by atoms with Crippen molar-refractivity contribution in [1.29, 1.82) is 5.26 Å². The molecule has 0 radical (unpaired) electrons. The van der Waals surface area contributed by atoms with Gasteiger partial charge in [-0.05, 0) is 35.9 Å². The lowest BCUT2D eigenvalue weighted by molar-refractivity contribution is -0.142. The number of esters is 1. The molecule has 0 fully saturated rings. The summed E-state index contributed by atoms with van der Waals surface area (Å²) in [7, 11) is 2.68. The largest absolute Gasteiger partial charge is 0.493 e. The molecule has 0 aliphatic rings. The van der Waals surface area contributed by atoms with Gasteiger partial charge in [0, 0.05) is 4.47 Å². The van der Waals surface area contributed by atoms with Gasteiger partial charge in [0.15, 0.2) is 18.1 Å². The van der Waals surface area contributed by atoms with Crippen LogP contribution in [0.3, 0.4) is 0 Å². The Kier molecular flexibility index (Phi) is 8.07. The van der Waals surface area contributed by atoms with Crippen molar-refractivity contribution in [3.63, 3.8) is 0 Å². The maximum atomic E-state index is 12.5. The predicted octanol–water partition coefficient (Wildman–Crippen LogP) is 4.21. The molecule has 150 valence electrons. The third-order valence-electron chi connectivity index (χ3n) is 3.64. The molecule has 0 atom stereocenters. The summed E-state index contributed by atoms with van der Waals surface area (Å²) in [6.45, 7) is -0.293. The predicted molar refractivity (Wildman–Crippen MR) is 112 cm³/mol. The van der Waals surface area contributed by atoms with Crippen molar-refractivity contribution in [2.45, 2.75) is 0 Å². The summed E-state index contributed by atoms with van der Waals surface area (Å²) >= 11 is 9.39. The number of carbonyl (C=O) groups is 2. The van der Waals surface area contributed by atoms with Gasteiger partial charge in [-0.15, -0.1) is 0 Å². The Balaban J connectivity index is 2.30. The standard InChI is InChI=1S/C20H16BrClN2O5/c1-27-17-8-12(14(21)9-18(17)29-11-19(25)28-2)7-13(10-23)20(26)24-16-6-4-3-5-15(16)22/h3-9H,11H2,1-2H3,(H,24,26)/b13-7+. The van der Waals surface area contributed by atoms with Crippen molar-refractivity contribution >= 4 is 51.2 Å². The van der Waals surface area contributed by atoms with Crippen molar-refractivity contribution in [1.82, 2.24) is 0 Å². The maximum absolute atomic E-state index is 12.5. The van der Waals surface area contributed by atoms with Crippen molar-refractivity contribution < 1.29 is 23.8 Å². The average Bonchev–Trinajstić information content (AvgIpc) is 2.72. The molecule has 9 heteroatoms. The Morgan fingerprint density at radius 1 is 1.24 bits per heavy atom. The summed E-state index contributed by atoms with van der Waals surface area (Å²) in [6, 6.07) is 11.7. The van der Waals surface area contributed by atoms with Crippen LogP contribution in [0.4, 0.5) is 5.69 Å². The number of amides is 1. The Morgan fingerprint density at radius 2 is 1.97 bits per heavy atom. The lowest BCUT2D eigenvalue weighted by atomic mass is 10.1. The second-order valence-corrected chi connectivity index (χ2v) is 6.75. The second kappa shape index (κ2) is 10.5. The summed E-state index contributed by atoms with van der Waals surface area (Å²) in [5.41, 5.74) is 0.748. The van der Waals surface area contributed by atoms with Gasteiger partial charge in [-0.1, -0.05) is 39.7 Å². The van der Waals surface area contributed by atoms with Gasteiger partial charge in [-0.2, -0.15) is 5.26 Å². The van der Waals surface area contributed by atoms with Crippen LogP contribution < -0.4 is 14.8 Å². The highest BCUT2D eigenvalue weighted by Crippen LogP contribution is 2.34. The highest BCUT2D eigenvalue weighted by molar-refractivity contribution is 9.10. The maximum Gasteiger partial charge on any atom is 0.343 e. The molecule has 2 rings (SSSR count). The van der Waals surface area contributed by atoms with Crippen LogP contribution in [0, 0.1) is 11.3 Å². The third kappa shape index (κ3) is 5.98. The van der Waals surface area contributed by atoms with Gasteiger partial charge in [0.1, 0.15) is 11.6 Å². The Bertz CT molecular complexity index is 1000. The minimum absolute atomic E-state index is 0.143. The molecule has 0 aliphatic heterocycles. The summed E-state index contributed by atoms with van der Waals surface area (Å²) in [4.78, 5) is 23.7. The molecular weight excluding hydrogens is 464 g/mol. The number of anilines is 1. The molecule has 0 aromatic heterocycles. The van der Waals surface area contributed by atoms with Gasteiger partial charge in [-0.3, -0.25) is 4.79 Å². The van der Waals surface area contributed by atoms with Gasteiger partial charge < -0.3 is 19.5 Å².